The summed E-state index contributed by atoms with van der Waals surface area (Å²) in [5.74, 6) is -0.0645. The topological polar surface area (TPSA) is 46.5 Å². The van der Waals surface area contributed by atoms with Gasteiger partial charge in [0.25, 0.3) is 0 Å². The van der Waals surface area contributed by atoms with Gasteiger partial charge in [-0.1, -0.05) is 37.6 Å². The molecule has 0 aliphatic carbocycles. The Balaban J connectivity index is 2.18. The number of ether oxygens (including phenoxy) is 1. The van der Waals surface area contributed by atoms with Crippen molar-refractivity contribution < 1.29 is 14.6 Å². The summed E-state index contributed by atoms with van der Waals surface area (Å²) in [5, 5.41) is 11.5. The van der Waals surface area contributed by atoms with E-state index in [-0.39, 0.29) is 0 Å². The molecule has 0 unspecified atom stereocenters. The number of aryl methyl sites for hydroxylation is 1. The van der Waals surface area contributed by atoms with Crippen molar-refractivity contribution in [3.63, 3.8) is 0 Å². The summed E-state index contributed by atoms with van der Waals surface area (Å²) in [6.45, 7) is 3.79. The monoisotopic (exact) mass is 366 g/mol. The van der Waals surface area contributed by atoms with Crippen LogP contribution < -0.4 is 4.74 Å². The first-order chi connectivity index (χ1) is 12.5. The minimum absolute atomic E-state index is 0.327. The van der Waals surface area contributed by atoms with E-state index in [0.717, 1.165) is 33.9 Å². The molecule has 3 rings (SSSR count). The normalized spacial score (nSPS) is 11.7. The molecule has 134 valence electrons. The molecule has 4 heteroatoms. The smallest absolute Gasteiger partial charge is 0.331 e. The minimum Gasteiger partial charge on any atom is -0.496 e. The van der Waals surface area contributed by atoms with Crippen LogP contribution >= 0.6 is 11.3 Å². The summed E-state index contributed by atoms with van der Waals surface area (Å²) in [4.78, 5) is 13.1. The first-order valence-electron chi connectivity index (χ1n) is 8.65. The van der Waals surface area contributed by atoms with Gasteiger partial charge in [-0.15, -0.1) is 11.3 Å². The molecule has 0 aliphatic heterocycles. The van der Waals surface area contributed by atoms with Gasteiger partial charge in [0.2, 0.25) is 0 Å². The molecule has 0 fully saturated rings. The third-order valence-corrected chi connectivity index (χ3v) is 5.47. The number of thiophene rings is 1. The van der Waals surface area contributed by atoms with Crippen LogP contribution in [0.5, 0.6) is 5.75 Å². The van der Waals surface area contributed by atoms with E-state index >= 15 is 0 Å². The third kappa shape index (κ3) is 3.51. The summed E-state index contributed by atoms with van der Waals surface area (Å²) in [5.41, 5.74) is 2.74. The number of methoxy groups -OCH3 is 1. The summed E-state index contributed by atoms with van der Waals surface area (Å²) >= 11 is 1.58. The number of benzene rings is 2. The zero-order chi connectivity index (χ0) is 18.7. The number of carbonyl (C=O) groups is 1. The van der Waals surface area contributed by atoms with E-state index in [1.165, 1.54) is 16.3 Å². The van der Waals surface area contributed by atoms with E-state index in [4.69, 9.17) is 9.84 Å². The molecule has 0 radical (unpaired) electrons. The van der Waals surface area contributed by atoms with Crippen LogP contribution in [0.25, 0.3) is 27.3 Å². The van der Waals surface area contributed by atoms with Crippen LogP contribution in [0, 0.1) is 0 Å². The largest absolute Gasteiger partial charge is 0.496 e. The molecule has 1 N–H and O–H groups in total. The summed E-state index contributed by atoms with van der Waals surface area (Å²) in [6, 6.07) is 14.6. The van der Waals surface area contributed by atoms with Gasteiger partial charge in [-0.2, -0.15) is 0 Å². The number of carboxylic acids is 1. The molecule has 2 aromatic carbocycles. The number of aliphatic carboxylic acids is 1. The van der Waals surface area contributed by atoms with Crippen molar-refractivity contribution in [1.82, 2.24) is 0 Å². The number of rotatable bonds is 6. The van der Waals surface area contributed by atoms with Crippen LogP contribution in [-0.4, -0.2) is 18.2 Å². The van der Waals surface area contributed by atoms with Crippen molar-refractivity contribution in [3.05, 3.63) is 58.5 Å². The highest BCUT2D eigenvalue weighted by Gasteiger charge is 2.14. The van der Waals surface area contributed by atoms with Gasteiger partial charge in [-0.05, 0) is 54.0 Å². The fourth-order valence-electron chi connectivity index (χ4n) is 3.15. The molecule has 26 heavy (non-hydrogen) atoms. The molecule has 0 saturated carbocycles. The van der Waals surface area contributed by atoms with Crippen LogP contribution in [0.3, 0.4) is 0 Å². The van der Waals surface area contributed by atoms with Crippen molar-refractivity contribution in [2.24, 2.45) is 0 Å². The lowest BCUT2D eigenvalue weighted by atomic mass is 9.96. The zero-order valence-corrected chi connectivity index (χ0v) is 16.0. The Bertz CT molecular complexity index is 982. The molecule has 0 amide bonds. The van der Waals surface area contributed by atoms with Gasteiger partial charge in [0.1, 0.15) is 5.75 Å². The highest BCUT2D eigenvalue weighted by atomic mass is 32.1. The van der Waals surface area contributed by atoms with E-state index in [1.54, 1.807) is 31.4 Å². The minimum atomic E-state index is -0.896. The molecule has 0 atom stereocenters. The van der Waals surface area contributed by atoms with Crippen molar-refractivity contribution in [2.75, 3.05) is 7.11 Å². The second-order valence-corrected chi connectivity index (χ2v) is 7.35. The molecular formula is C22H22O3S. The number of hydrogen-bond acceptors (Lipinski definition) is 3. The standard InChI is InChI=1S/C22H22O3S/c1-4-6-15-7-5-8-18-17(15)10-11-19(25-3)21(18)20-12-9-16(26-20)13-14(2)22(23)24/h5,7-13H,4,6H2,1-3H3,(H,23,24)/b14-13+. The van der Waals surface area contributed by atoms with Gasteiger partial charge >= 0.3 is 5.97 Å². The van der Waals surface area contributed by atoms with Gasteiger partial charge in [0.05, 0.1) is 7.11 Å². The van der Waals surface area contributed by atoms with Crippen LogP contribution in [0.4, 0.5) is 0 Å². The average Bonchev–Trinajstić information content (AvgIpc) is 3.09. The SMILES string of the molecule is CCCc1cccc2c(-c3ccc(/C=C(\C)C(=O)O)s3)c(OC)ccc12. The number of hydrogen-bond donors (Lipinski definition) is 1. The van der Waals surface area contributed by atoms with E-state index in [0.29, 0.717) is 5.57 Å². The highest BCUT2D eigenvalue weighted by molar-refractivity contribution is 7.16. The molecule has 1 heterocycles. The maximum Gasteiger partial charge on any atom is 0.331 e. The summed E-state index contributed by atoms with van der Waals surface area (Å²) in [6.07, 6.45) is 3.85. The first kappa shape index (κ1) is 18.2. The van der Waals surface area contributed by atoms with E-state index < -0.39 is 5.97 Å². The number of carboxylic acid groups (broad SMARTS) is 1. The Morgan fingerprint density at radius 3 is 2.65 bits per heavy atom. The van der Waals surface area contributed by atoms with Gasteiger partial charge in [-0.25, -0.2) is 4.79 Å². The lowest BCUT2D eigenvalue weighted by Crippen LogP contribution is -1.94. The molecule has 1 aromatic heterocycles. The second kappa shape index (κ2) is 7.75. The van der Waals surface area contributed by atoms with E-state index in [2.05, 4.69) is 31.2 Å². The van der Waals surface area contributed by atoms with Crippen LogP contribution in [0.15, 0.2) is 48.0 Å². The molecule has 0 aliphatic rings. The Morgan fingerprint density at radius 2 is 1.96 bits per heavy atom. The highest BCUT2D eigenvalue weighted by Crippen LogP contribution is 2.41. The fraction of sp³-hybridized carbons (Fsp3) is 0.227. The van der Waals surface area contributed by atoms with E-state index in [9.17, 15) is 4.79 Å². The molecule has 0 bridgehead atoms. The average molecular weight is 366 g/mol. The number of fused-ring (bicyclic) bond motifs is 1. The van der Waals surface area contributed by atoms with Crippen LogP contribution in [-0.2, 0) is 11.2 Å². The Morgan fingerprint density at radius 1 is 1.15 bits per heavy atom. The predicted molar refractivity (Wildman–Crippen MR) is 109 cm³/mol. The van der Waals surface area contributed by atoms with Crippen molar-refractivity contribution in [3.8, 4) is 16.2 Å². The predicted octanol–water partition coefficient (Wildman–Crippen LogP) is 6.02. The Hall–Kier alpha value is -2.59. The second-order valence-electron chi connectivity index (χ2n) is 6.24. The van der Waals surface area contributed by atoms with Crippen LogP contribution in [0.2, 0.25) is 0 Å². The molecule has 3 aromatic rings. The maximum absolute atomic E-state index is 11.1. The van der Waals surface area contributed by atoms with Gasteiger partial charge < -0.3 is 9.84 Å². The lowest BCUT2D eigenvalue weighted by molar-refractivity contribution is -0.132. The van der Waals surface area contributed by atoms with Gasteiger partial charge in [0, 0.05) is 20.9 Å². The Kier molecular flexibility index (Phi) is 5.43. The lowest BCUT2D eigenvalue weighted by Gasteiger charge is -2.13. The van der Waals surface area contributed by atoms with Crippen molar-refractivity contribution in [2.45, 2.75) is 26.7 Å². The van der Waals surface area contributed by atoms with Crippen LogP contribution in [0.1, 0.15) is 30.7 Å². The molecule has 0 saturated heterocycles. The fourth-order valence-corrected chi connectivity index (χ4v) is 4.23. The molecule has 0 spiro atoms. The third-order valence-electron chi connectivity index (χ3n) is 4.42. The zero-order valence-electron chi connectivity index (χ0n) is 15.2. The first-order valence-corrected chi connectivity index (χ1v) is 9.47. The van der Waals surface area contributed by atoms with Gasteiger partial charge in [-0.3, -0.25) is 0 Å². The Labute approximate surface area is 157 Å². The van der Waals surface area contributed by atoms with E-state index in [1.807, 2.05) is 18.2 Å². The maximum atomic E-state index is 11.1. The summed E-state index contributed by atoms with van der Waals surface area (Å²) < 4.78 is 5.63. The summed E-state index contributed by atoms with van der Waals surface area (Å²) in [7, 11) is 1.68. The van der Waals surface area contributed by atoms with Crippen molar-refractivity contribution in [1.29, 1.82) is 0 Å². The quantitative estimate of drug-likeness (QED) is 0.543. The van der Waals surface area contributed by atoms with Gasteiger partial charge in [0.15, 0.2) is 0 Å². The molecule has 3 nitrogen and oxygen atoms in total. The molecular weight excluding hydrogens is 344 g/mol. The van der Waals surface area contributed by atoms with Crippen molar-refractivity contribution >= 4 is 34.2 Å².